The first-order chi connectivity index (χ1) is 16.4. The molecule has 0 aliphatic heterocycles. The van der Waals surface area contributed by atoms with Crippen molar-refractivity contribution in [2.24, 2.45) is 0 Å². The Labute approximate surface area is 195 Å². The molecule has 1 amide bonds. The Morgan fingerprint density at radius 1 is 0.912 bits per heavy atom. The van der Waals surface area contributed by atoms with Crippen LogP contribution in [0.15, 0.2) is 83.6 Å². The number of hydrogen-bond acceptors (Lipinski definition) is 7. The smallest absolute Gasteiger partial charge is 0.274 e. The lowest BCUT2D eigenvalue weighted by molar-refractivity contribution is 0.0893. The summed E-state index contributed by atoms with van der Waals surface area (Å²) in [6, 6.07) is 21.0. The average molecular weight is 451 g/mol. The molecule has 3 aromatic heterocycles. The fourth-order valence-electron chi connectivity index (χ4n) is 3.78. The Kier molecular flexibility index (Phi) is 5.25. The van der Waals surface area contributed by atoms with Crippen LogP contribution in [0.5, 0.6) is 0 Å². The van der Waals surface area contributed by atoms with Crippen molar-refractivity contribution in [3.63, 3.8) is 0 Å². The van der Waals surface area contributed by atoms with Crippen molar-refractivity contribution >= 4 is 22.6 Å². The number of carbonyl (C=O) groups is 1. The van der Waals surface area contributed by atoms with Gasteiger partial charge in [0.2, 0.25) is 0 Å². The SMILES string of the molecule is CC(C)(NC(=O)c1nc(-c2ccc3ncccc3c2)c(-c2ccccc2)nc1N)c1ccno1. The normalized spacial score (nSPS) is 11.5. The number of rotatable bonds is 5. The van der Waals surface area contributed by atoms with Gasteiger partial charge >= 0.3 is 0 Å². The number of nitrogens with two attached hydrogens (primary N) is 1. The molecule has 8 heteroatoms. The molecule has 3 heterocycles. The van der Waals surface area contributed by atoms with Gasteiger partial charge in [0.15, 0.2) is 17.3 Å². The molecule has 0 saturated carbocycles. The number of carbonyl (C=O) groups excluding carboxylic acids is 1. The molecule has 34 heavy (non-hydrogen) atoms. The molecule has 0 spiro atoms. The molecule has 0 unspecified atom stereocenters. The Hall–Kier alpha value is -4.59. The van der Waals surface area contributed by atoms with Crippen molar-refractivity contribution < 1.29 is 9.32 Å². The molecule has 8 nitrogen and oxygen atoms in total. The van der Waals surface area contributed by atoms with Gasteiger partial charge in [0.25, 0.3) is 5.91 Å². The molecule has 5 aromatic rings. The predicted octanol–water partition coefficient (Wildman–Crippen LogP) is 4.59. The van der Waals surface area contributed by atoms with Crippen LogP contribution in [0.3, 0.4) is 0 Å². The summed E-state index contributed by atoms with van der Waals surface area (Å²) in [5, 5.41) is 7.60. The van der Waals surface area contributed by atoms with Gasteiger partial charge in [-0.15, -0.1) is 0 Å². The highest BCUT2D eigenvalue weighted by molar-refractivity contribution is 5.98. The Morgan fingerprint density at radius 3 is 2.47 bits per heavy atom. The van der Waals surface area contributed by atoms with Crippen molar-refractivity contribution in [1.29, 1.82) is 0 Å². The quantitative estimate of drug-likeness (QED) is 0.402. The third-order valence-electron chi connectivity index (χ3n) is 5.54. The Bertz CT molecular complexity index is 1480. The van der Waals surface area contributed by atoms with Gasteiger partial charge in [-0.1, -0.05) is 47.6 Å². The zero-order chi connectivity index (χ0) is 23.7. The van der Waals surface area contributed by atoms with Gasteiger partial charge in [-0.05, 0) is 32.0 Å². The molecule has 3 N–H and O–H groups in total. The lowest BCUT2D eigenvalue weighted by Gasteiger charge is -2.23. The molecular weight excluding hydrogens is 428 g/mol. The molecule has 5 rings (SSSR count). The molecule has 0 atom stereocenters. The van der Waals surface area contributed by atoms with Crippen LogP contribution in [0.4, 0.5) is 5.82 Å². The van der Waals surface area contributed by atoms with E-state index >= 15 is 0 Å². The highest BCUT2D eigenvalue weighted by Crippen LogP contribution is 2.32. The van der Waals surface area contributed by atoms with E-state index in [1.54, 1.807) is 12.3 Å². The van der Waals surface area contributed by atoms with Crippen molar-refractivity contribution in [1.82, 2.24) is 25.4 Å². The van der Waals surface area contributed by atoms with E-state index in [9.17, 15) is 4.79 Å². The first-order valence-electron chi connectivity index (χ1n) is 10.7. The van der Waals surface area contributed by atoms with Crippen LogP contribution in [0, 0.1) is 0 Å². The van der Waals surface area contributed by atoms with Crippen molar-refractivity contribution in [3.8, 4) is 22.5 Å². The van der Waals surface area contributed by atoms with Crippen LogP contribution >= 0.6 is 0 Å². The first-order valence-corrected chi connectivity index (χ1v) is 10.7. The van der Waals surface area contributed by atoms with E-state index in [-0.39, 0.29) is 11.5 Å². The lowest BCUT2D eigenvalue weighted by atomic mass is 10.0. The predicted molar refractivity (Wildman–Crippen MR) is 130 cm³/mol. The maximum Gasteiger partial charge on any atom is 0.274 e. The number of pyridine rings is 1. The lowest BCUT2D eigenvalue weighted by Crippen LogP contribution is -2.41. The standard InChI is InChI=1S/C26H22N6O2/c1-26(2,20-12-14-29-34-20)32-25(33)23-24(27)31-21(16-7-4-3-5-8-16)22(30-23)18-10-11-19-17(15-18)9-6-13-28-19/h3-15H,1-2H3,(H2,27,31)(H,32,33). The number of amides is 1. The highest BCUT2D eigenvalue weighted by atomic mass is 16.5. The Morgan fingerprint density at radius 2 is 1.71 bits per heavy atom. The fraction of sp³-hybridized carbons (Fsp3) is 0.115. The summed E-state index contributed by atoms with van der Waals surface area (Å²) in [7, 11) is 0. The fourth-order valence-corrected chi connectivity index (χ4v) is 3.78. The zero-order valence-electron chi connectivity index (χ0n) is 18.7. The molecule has 0 aliphatic rings. The number of aromatic nitrogens is 4. The van der Waals surface area contributed by atoms with Gasteiger partial charge < -0.3 is 15.6 Å². The van der Waals surface area contributed by atoms with Crippen LogP contribution in [-0.4, -0.2) is 26.0 Å². The topological polar surface area (TPSA) is 120 Å². The van der Waals surface area contributed by atoms with E-state index < -0.39 is 11.4 Å². The van der Waals surface area contributed by atoms with Gasteiger partial charge in [0.05, 0.1) is 28.6 Å². The number of nitrogen functional groups attached to an aromatic ring is 1. The van der Waals surface area contributed by atoms with E-state index in [1.165, 1.54) is 6.20 Å². The van der Waals surface area contributed by atoms with Gasteiger partial charge in [-0.2, -0.15) is 0 Å². The number of nitrogens with zero attached hydrogens (tertiary/aromatic N) is 4. The molecule has 0 aliphatic carbocycles. The molecule has 0 saturated heterocycles. The third kappa shape index (κ3) is 3.97. The molecule has 2 aromatic carbocycles. The summed E-state index contributed by atoms with van der Waals surface area (Å²) >= 11 is 0. The van der Waals surface area contributed by atoms with E-state index in [0.29, 0.717) is 17.1 Å². The summed E-state index contributed by atoms with van der Waals surface area (Å²) < 4.78 is 5.24. The summed E-state index contributed by atoms with van der Waals surface area (Å²) in [6.07, 6.45) is 3.28. The molecule has 168 valence electrons. The van der Waals surface area contributed by atoms with Crippen LogP contribution in [-0.2, 0) is 5.54 Å². The monoisotopic (exact) mass is 450 g/mol. The molecule has 0 radical (unpaired) electrons. The van der Waals surface area contributed by atoms with E-state index in [4.69, 9.17) is 15.2 Å². The number of fused-ring (bicyclic) bond motifs is 1. The second kappa shape index (κ2) is 8.40. The number of benzene rings is 2. The molecule has 0 bridgehead atoms. The second-order valence-electron chi connectivity index (χ2n) is 8.39. The van der Waals surface area contributed by atoms with Gasteiger partial charge in [-0.3, -0.25) is 9.78 Å². The Balaban J connectivity index is 1.63. The summed E-state index contributed by atoms with van der Waals surface area (Å²) in [5.41, 5.74) is 9.11. The summed E-state index contributed by atoms with van der Waals surface area (Å²) in [6.45, 7) is 3.62. The minimum absolute atomic E-state index is 0.0357. The second-order valence-corrected chi connectivity index (χ2v) is 8.39. The first kappa shape index (κ1) is 21.3. The summed E-state index contributed by atoms with van der Waals surface area (Å²) in [4.78, 5) is 27.0. The third-order valence-corrected chi connectivity index (χ3v) is 5.54. The van der Waals surface area contributed by atoms with Gasteiger partial charge in [-0.25, -0.2) is 9.97 Å². The van der Waals surface area contributed by atoms with Gasteiger partial charge in [0.1, 0.15) is 0 Å². The minimum atomic E-state index is -0.825. The highest BCUT2D eigenvalue weighted by Gasteiger charge is 2.29. The van der Waals surface area contributed by atoms with Crippen molar-refractivity contribution in [3.05, 3.63) is 90.6 Å². The van der Waals surface area contributed by atoms with E-state index in [2.05, 4.69) is 20.4 Å². The van der Waals surface area contributed by atoms with Crippen molar-refractivity contribution in [2.75, 3.05) is 5.73 Å². The van der Waals surface area contributed by atoms with Crippen LogP contribution in [0.1, 0.15) is 30.1 Å². The molecule has 0 fully saturated rings. The maximum atomic E-state index is 13.3. The van der Waals surface area contributed by atoms with E-state index in [0.717, 1.165) is 22.0 Å². The van der Waals surface area contributed by atoms with E-state index in [1.807, 2.05) is 74.5 Å². The van der Waals surface area contributed by atoms with Crippen LogP contribution in [0.25, 0.3) is 33.4 Å². The average Bonchev–Trinajstić information content (AvgIpc) is 3.40. The largest absolute Gasteiger partial charge is 0.382 e. The minimum Gasteiger partial charge on any atom is -0.382 e. The maximum absolute atomic E-state index is 13.3. The summed E-state index contributed by atoms with van der Waals surface area (Å²) in [5.74, 6) is 0.0844. The molecular formula is C26H22N6O2. The number of nitrogens with one attached hydrogen (secondary N) is 1. The zero-order valence-corrected chi connectivity index (χ0v) is 18.7. The van der Waals surface area contributed by atoms with Gasteiger partial charge in [0, 0.05) is 28.8 Å². The van der Waals surface area contributed by atoms with Crippen LogP contribution in [0.2, 0.25) is 0 Å². The number of hydrogen-bond donors (Lipinski definition) is 2. The van der Waals surface area contributed by atoms with Crippen molar-refractivity contribution in [2.45, 2.75) is 19.4 Å². The number of anilines is 1. The van der Waals surface area contributed by atoms with Crippen LogP contribution < -0.4 is 11.1 Å².